The Kier molecular flexibility index (Phi) is 3.18. The molecule has 2 aromatic rings. The summed E-state index contributed by atoms with van der Waals surface area (Å²) in [7, 11) is 0. The van der Waals surface area contributed by atoms with E-state index >= 15 is 0 Å². The number of aryl methyl sites for hydroxylation is 1. The predicted octanol–water partition coefficient (Wildman–Crippen LogP) is 3.36. The number of nitrogens with zero attached hydrogens (tertiary/aromatic N) is 2. The first kappa shape index (κ1) is 14.2. The average Bonchev–Trinajstić information content (AvgIpc) is 2.74. The summed E-state index contributed by atoms with van der Waals surface area (Å²) in [6.45, 7) is 1.79. The van der Waals surface area contributed by atoms with Crippen molar-refractivity contribution in [2.45, 2.75) is 6.92 Å². The zero-order valence-electron chi connectivity index (χ0n) is 11.4. The van der Waals surface area contributed by atoms with E-state index in [9.17, 15) is 19.7 Å². The summed E-state index contributed by atoms with van der Waals surface area (Å²) >= 11 is 6.02. The zero-order valence-corrected chi connectivity index (χ0v) is 12.1. The highest BCUT2D eigenvalue weighted by Gasteiger charge is 2.41. The van der Waals surface area contributed by atoms with Gasteiger partial charge in [-0.25, -0.2) is 4.90 Å². The maximum absolute atomic E-state index is 12.5. The van der Waals surface area contributed by atoms with Crippen LogP contribution < -0.4 is 4.90 Å². The summed E-state index contributed by atoms with van der Waals surface area (Å²) in [5.41, 5.74) is 0.547. The first-order valence-electron chi connectivity index (χ1n) is 6.34. The summed E-state index contributed by atoms with van der Waals surface area (Å²) in [4.78, 5) is 36.2. The number of hydrogen-bond donors (Lipinski definition) is 0. The quantitative estimate of drug-likeness (QED) is 0.483. The van der Waals surface area contributed by atoms with Crippen molar-refractivity contribution in [3.8, 4) is 0 Å². The normalized spacial score (nSPS) is 13.5. The second-order valence-corrected chi connectivity index (χ2v) is 5.24. The molecule has 2 amide bonds. The maximum atomic E-state index is 12.5. The van der Waals surface area contributed by atoms with Crippen LogP contribution in [0.25, 0.3) is 0 Å². The lowest BCUT2D eigenvalue weighted by molar-refractivity contribution is -0.385. The lowest BCUT2D eigenvalue weighted by atomic mass is 10.1. The van der Waals surface area contributed by atoms with Crippen LogP contribution in [0, 0.1) is 17.0 Å². The summed E-state index contributed by atoms with van der Waals surface area (Å²) < 4.78 is 0. The number of amides is 2. The van der Waals surface area contributed by atoms with Crippen LogP contribution in [0.2, 0.25) is 5.02 Å². The van der Waals surface area contributed by atoms with E-state index in [1.165, 1.54) is 24.3 Å². The molecule has 0 saturated heterocycles. The second-order valence-electron chi connectivity index (χ2n) is 4.84. The smallest absolute Gasteiger partial charge is 0.268 e. The fourth-order valence-corrected chi connectivity index (χ4v) is 2.55. The number of rotatable bonds is 2. The predicted molar refractivity (Wildman–Crippen MR) is 80.4 cm³/mol. The molecule has 0 aliphatic carbocycles. The van der Waals surface area contributed by atoms with Gasteiger partial charge in [0.15, 0.2) is 0 Å². The zero-order chi connectivity index (χ0) is 16.0. The third-order valence-corrected chi connectivity index (χ3v) is 3.91. The fraction of sp³-hybridized carbons (Fsp3) is 0.0667. The van der Waals surface area contributed by atoms with E-state index in [-0.39, 0.29) is 22.5 Å². The molecule has 0 bridgehead atoms. The van der Waals surface area contributed by atoms with Crippen molar-refractivity contribution in [1.82, 2.24) is 0 Å². The minimum absolute atomic E-state index is 0.0240. The molecule has 0 fully saturated rings. The van der Waals surface area contributed by atoms with Gasteiger partial charge in [0, 0.05) is 11.1 Å². The van der Waals surface area contributed by atoms with E-state index in [4.69, 9.17) is 11.6 Å². The number of nitro groups is 1. The second kappa shape index (κ2) is 4.92. The molecule has 6 nitrogen and oxygen atoms in total. The van der Waals surface area contributed by atoms with E-state index in [1.54, 1.807) is 19.1 Å². The lowest BCUT2D eigenvalue weighted by Gasteiger charge is -2.14. The SMILES string of the molecule is Cc1ccc(N2C(=O)c3cccc([N+](=O)[O-])c3C2=O)cc1Cl. The van der Waals surface area contributed by atoms with Gasteiger partial charge < -0.3 is 0 Å². The van der Waals surface area contributed by atoms with Gasteiger partial charge in [0.25, 0.3) is 17.5 Å². The molecule has 1 aliphatic rings. The molecule has 2 aromatic carbocycles. The Morgan fingerprint density at radius 1 is 1.14 bits per heavy atom. The highest BCUT2D eigenvalue weighted by molar-refractivity contribution is 6.36. The highest BCUT2D eigenvalue weighted by atomic mass is 35.5. The largest absolute Gasteiger partial charge is 0.283 e. The third kappa shape index (κ3) is 1.96. The van der Waals surface area contributed by atoms with Gasteiger partial charge in [0.2, 0.25) is 0 Å². The van der Waals surface area contributed by atoms with Gasteiger partial charge in [0.05, 0.1) is 16.2 Å². The van der Waals surface area contributed by atoms with Crippen LogP contribution in [0.5, 0.6) is 0 Å². The first-order valence-corrected chi connectivity index (χ1v) is 6.72. The van der Waals surface area contributed by atoms with Gasteiger partial charge in [-0.2, -0.15) is 0 Å². The Labute approximate surface area is 130 Å². The van der Waals surface area contributed by atoms with Crippen molar-refractivity contribution in [3.63, 3.8) is 0 Å². The van der Waals surface area contributed by atoms with Gasteiger partial charge in [0.1, 0.15) is 5.56 Å². The van der Waals surface area contributed by atoms with Crippen molar-refractivity contribution >= 4 is 34.8 Å². The molecule has 1 aliphatic heterocycles. The van der Waals surface area contributed by atoms with Crippen molar-refractivity contribution in [3.05, 3.63) is 68.2 Å². The van der Waals surface area contributed by atoms with Crippen molar-refractivity contribution in [2.24, 2.45) is 0 Å². The van der Waals surface area contributed by atoms with Crippen molar-refractivity contribution in [1.29, 1.82) is 0 Å². The molecule has 110 valence electrons. The molecule has 0 atom stereocenters. The van der Waals surface area contributed by atoms with Crippen LogP contribution in [0.1, 0.15) is 26.3 Å². The van der Waals surface area contributed by atoms with Crippen LogP contribution in [-0.2, 0) is 0 Å². The van der Waals surface area contributed by atoms with Gasteiger partial charge in [-0.1, -0.05) is 23.7 Å². The van der Waals surface area contributed by atoms with E-state index in [1.807, 2.05) is 0 Å². The minimum Gasteiger partial charge on any atom is -0.268 e. The first-order chi connectivity index (χ1) is 10.4. The number of imide groups is 1. The summed E-state index contributed by atoms with van der Waals surface area (Å²) in [5.74, 6) is -1.31. The fourth-order valence-electron chi connectivity index (χ4n) is 2.38. The van der Waals surface area contributed by atoms with Gasteiger partial charge in [-0.15, -0.1) is 0 Å². The van der Waals surface area contributed by atoms with Crippen LogP contribution in [0.4, 0.5) is 11.4 Å². The van der Waals surface area contributed by atoms with Gasteiger partial charge in [-0.3, -0.25) is 19.7 Å². The van der Waals surface area contributed by atoms with Gasteiger partial charge in [-0.05, 0) is 30.7 Å². The van der Waals surface area contributed by atoms with E-state index < -0.39 is 16.7 Å². The number of halogens is 1. The summed E-state index contributed by atoms with van der Waals surface area (Å²) in [5, 5.41) is 11.5. The minimum atomic E-state index is -0.716. The van der Waals surface area contributed by atoms with E-state index in [0.717, 1.165) is 10.5 Å². The Morgan fingerprint density at radius 2 is 1.86 bits per heavy atom. The van der Waals surface area contributed by atoms with E-state index in [0.29, 0.717) is 5.02 Å². The molecule has 0 N–H and O–H groups in total. The number of hydrogen-bond acceptors (Lipinski definition) is 4. The molecule has 0 radical (unpaired) electrons. The molecule has 7 heteroatoms. The van der Waals surface area contributed by atoms with Crippen molar-refractivity contribution < 1.29 is 14.5 Å². The number of carbonyl (C=O) groups excluding carboxylic acids is 2. The Morgan fingerprint density at radius 3 is 2.50 bits per heavy atom. The molecular formula is C15H9ClN2O4. The number of anilines is 1. The van der Waals surface area contributed by atoms with E-state index in [2.05, 4.69) is 0 Å². The van der Waals surface area contributed by atoms with Crippen LogP contribution >= 0.6 is 11.6 Å². The van der Waals surface area contributed by atoms with Crippen LogP contribution in [0.3, 0.4) is 0 Å². The number of carbonyl (C=O) groups is 2. The molecule has 1 heterocycles. The number of nitro benzene ring substituents is 1. The average molecular weight is 317 g/mol. The molecule has 0 aromatic heterocycles. The third-order valence-electron chi connectivity index (χ3n) is 3.50. The molecule has 0 saturated carbocycles. The Bertz CT molecular complexity index is 847. The molecule has 3 rings (SSSR count). The van der Waals surface area contributed by atoms with Crippen molar-refractivity contribution in [2.75, 3.05) is 4.90 Å². The maximum Gasteiger partial charge on any atom is 0.283 e. The Hall–Kier alpha value is -2.73. The number of fused-ring (bicyclic) bond motifs is 1. The van der Waals surface area contributed by atoms with Crippen LogP contribution in [-0.4, -0.2) is 16.7 Å². The highest BCUT2D eigenvalue weighted by Crippen LogP contribution is 2.35. The summed E-state index contributed by atoms with van der Waals surface area (Å²) in [6.07, 6.45) is 0. The molecular weight excluding hydrogens is 308 g/mol. The van der Waals surface area contributed by atoms with Gasteiger partial charge >= 0.3 is 0 Å². The standard InChI is InChI=1S/C15H9ClN2O4/c1-8-5-6-9(7-11(8)16)17-14(19)10-3-2-4-12(18(21)22)13(10)15(17)20/h2-7H,1H3. The monoisotopic (exact) mass is 316 g/mol. The topological polar surface area (TPSA) is 80.5 Å². The lowest BCUT2D eigenvalue weighted by Crippen LogP contribution is -2.29. The summed E-state index contributed by atoms with van der Waals surface area (Å²) in [6, 6.07) is 8.73. The molecule has 0 spiro atoms. The Balaban J connectivity index is 2.16. The van der Waals surface area contributed by atoms with Crippen LogP contribution in [0.15, 0.2) is 36.4 Å². The molecule has 22 heavy (non-hydrogen) atoms. The number of benzene rings is 2. The molecule has 0 unspecified atom stereocenters.